The molecule has 0 radical (unpaired) electrons. The van der Waals surface area contributed by atoms with Gasteiger partial charge in [-0.25, -0.2) is 4.98 Å². The summed E-state index contributed by atoms with van der Waals surface area (Å²) in [7, 11) is 0. The van der Waals surface area contributed by atoms with Crippen LogP contribution in [-0.4, -0.2) is 4.98 Å². The van der Waals surface area contributed by atoms with E-state index in [2.05, 4.69) is 157 Å². The average Bonchev–Trinajstić information content (AvgIpc) is 3.83. The molecule has 0 unspecified atom stereocenters. The molecule has 0 aliphatic rings. The van der Waals surface area contributed by atoms with Crippen LogP contribution in [0.2, 0.25) is 0 Å². The fourth-order valence-corrected chi connectivity index (χ4v) is 7.96. The highest BCUT2D eigenvalue weighted by atomic mass is 16.3. The Balaban J connectivity index is 1.09. The Morgan fingerprint density at radius 3 is 1.94 bits per heavy atom. The van der Waals surface area contributed by atoms with Gasteiger partial charge in [-0.15, -0.1) is 0 Å². The fraction of sp³-hybridized carbons (Fsp3) is 0. The first-order chi connectivity index (χ1) is 26.2. The molecule has 11 rings (SSSR count). The number of nitrogens with zero attached hydrogens (tertiary/aromatic N) is 2. The smallest absolute Gasteiger partial charge is 0.228 e. The second-order valence-corrected chi connectivity index (χ2v) is 13.6. The second-order valence-electron chi connectivity index (χ2n) is 13.6. The van der Waals surface area contributed by atoms with Crippen LogP contribution >= 0.6 is 0 Å². The topological polar surface area (TPSA) is 42.4 Å². The number of rotatable bonds is 5. The van der Waals surface area contributed by atoms with Crippen molar-refractivity contribution in [1.82, 2.24) is 4.98 Å². The molecule has 0 saturated heterocycles. The molecule has 2 aromatic heterocycles. The lowest BCUT2D eigenvalue weighted by atomic mass is 9.97. The lowest BCUT2D eigenvalue weighted by Gasteiger charge is -2.26. The van der Waals surface area contributed by atoms with Crippen LogP contribution in [0.5, 0.6) is 0 Å². The third-order valence-corrected chi connectivity index (χ3v) is 10.4. The van der Waals surface area contributed by atoms with Crippen LogP contribution in [0.1, 0.15) is 0 Å². The third-order valence-electron chi connectivity index (χ3n) is 10.4. The molecular formula is C49H30N2O2. The number of hydrogen-bond acceptors (Lipinski definition) is 4. The van der Waals surface area contributed by atoms with Crippen molar-refractivity contribution in [2.45, 2.75) is 0 Å². The number of oxazole rings is 1. The summed E-state index contributed by atoms with van der Waals surface area (Å²) in [4.78, 5) is 7.35. The Labute approximate surface area is 304 Å². The van der Waals surface area contributed by atoms with E-state index < -0.39 is 0 Å². The summed E-state index contributed by atoms with van der Waals surface area (Å²) in [6, 6.07) is 64.0. The highest BCUT2D eigenvalue weighted by molar-refractivity contribution is 6.13. The second kappa shape index (κ2) is 11.7. The summed E-state index contributed by atoms with van der Waals surface area (Å²) in [6.07, 6.45) is 0. The molecule has 0 aliphatic carbocycles. The molecule has 0 fully saturated rings. The minimum atomic E-state index is 0.580. The monoisotopic (exact) mass is 678 g/mol. The van der Waals surface area contributed by atoms with Crippen LogP contribution in [-0.2, 0) is 0 Å². The minimum absolute atomic E-state index is 0.580. The Kier molecular flexibility index (Phi) is 6.52. The predicted molar refractivity (Wildman–Crippen MR) is 219 cm³/mol. The maximum absolute atomic E-state index is 6.64. The van der Waals surface area contributed by atoms with E-state index in [0.29, 0.717) is 5.89 Å². The van der Waals surface area contributed by atoms with E-state index >= 15 is 0 Å². The molecule has 0 spiro atoms. The van der Waals surface area contributed by atoms with Crippen molar-refractivity contribution < 1.29 is 8.83 Å². The van der Waals surface area contributed by atoms with Gasteiger partial charge in [-0.3, -0.25) is 0 Å². The standard InChI is InChI=1S/C49H30N2O2/c1-2-13-34-28-37(24-22-31(34)10-1)51(36-16-7-15-35(29-36)40-19-8-14-32-11-3-5-17-39(32)40)38-25-26-42-46(30-38)52-44-21-9-20-43(47(42)44)49-50-48-41-18-6-4-12-33(41)23-27-45(48)53-49/h1-30H. The quantitative estimate of drug-likeness (QED) is 0.182. The van der Waals surface area contributed by atoms with E-state index in [4.69, 9.17) is 13.8 Å². The van der Waals surface area contributed by atoms with Gasteiger partial charge in [0.15, 0.2) is 5.58 Å². The number of benzene rings is 9. The Bertz CT molecular complexity index is 3200. The summed E-state index contributed by atoms with van der Waals surface area (Å²) in [5, 5.41) is 9.05. The van der Waals surface area contributed by atoms with Crippen LogP contribution in [0.4, 0.5) is 17.1 Å². The van der Waals surface area contributed by atoms with Gasteiger partial charge >= 0.3 is 0 Å². The molecule has 9 aromatic carbocycles. The third kappa shape index (κ3) is 4.80. The first kappa shape index (κ1) is 29.5. The highest BCUT2D eigenvalue weighted by Gasteiger charge is 2.20. The Hall–Kier alpha value is -7.17. The summed E-state index contributed by atoms with van der Waals surface area (Å²) in [5.74, 6) is 0.580. The highest BCUT2D eigenvalue weighted by Crippen LogP contribution is 2.43. The first-order valence-electron chi connectivity index (χ1n) is 17.9. The van der Waals surface area contributed by atoms with Crippen LogP contribution in [0, 0.1) is 0 Å². The van der Waals surface area contributed by atoms with Gasteiger partial charge in [0.25, 0.3) is 0 Å². The molecule has 4 heteroatoms. The zero-order chi connectivity index (χ0) is 34.9. The first-order valence-corrected chi connectivity index (χ1v) is 17.9. The molecule has 0 aliphatic heterocycles. The number of anilines is 3. The number of fused-ring (bicyclic) bond motifs is 8. The van der Waals surface area contributed by atoms with E-state index in [9.17, 15) is 0 Å². The minimum Gasteiger partial charge on any atom is -0.456 e. The molecule has 0 bridgehead atoms. The predicted octanol–water partition coefficient (Wildman–Crippen LogP) is 14.0. The van der Waals surface area contributed by atoms with Gasteiger partial charge in [0.2, 0.25) is 5.89 Å². The number of aromatic nitrogens is 1. The maximum Gasteiger partial charge on any atom is 0.228 e. The largest absolute Gasteiger partial charge is 0.456 e. The molecular weight excluding hydrogens is 649 g/mol. The van der Waals surface area contributed by atoms with Gasteiger partial charge in [-0.1, -0.05) is 121 Å². The maximum atomic E-state index is 6.64. The van der Waals surface area contributed by atoms with Gasteiger partial charge < -0.3 is 13.7 Å². The fourth-order valence-electron chi connectivity index (χ4n) is 7.96. The summed E-state index contributed by atoms with van der Waals surface area (Å²) < 4.78 is 13.1. The van der Waals surface area contributed by atoms with Crippen LogP contribution in [0.15, 0.2) is 191 Å². The average molecular weight is 679 g/mol. The van der Waals surface area contributed by atoms with Crippen LogP contribution in [0.25, 0.3) is 87.9 Å². The van der Waals surface area contributed by atoms with Crippen molar-refractivity contribution in [2.24, 2.45) is 0 Å². The zero-order valence-electron chi connectivity index (χ0n) is 28.5. The Morgan fingerprint density at radius 1 is 0.377 bits per heavy atom. The van der Waals surface area contributed by atoms with Crippen molar-refractivity contribution >= 4 is 82.4 Å². The van der Waals surface area contributed by atoms with Crippen molar-refractivity contribution in [2.75, 3.05) is 4.90 Å². The van der Waals surface area contributed by atoms with Gasteiger partial charge in [0, 0.05) is 44.9 Å². The van der Waals surface area contributed by atoms with Gasteiger partial charge in [-0.2, -0.15) is 0 Å². The van der Waals surface area contributed by atoms with Crippen molar-refractivity contribution in [3.8, 4) is 22.6 Å². The van der Waals surface area contributed by atoms with Gasteiger partial charge in [0.05, 0.1) is 0 Å². The van der Waals surface area contributed by atoms with Gasteiger partial charge in [0.1, 0.15) is 16.7 Å². The van der Waals surface area contributed by atoms with E-state index in [-0.39, 0.29) is 0 Å². The summed E-state index contributed by atoms with van der Waals surface area (Å²) in [6.45, 7) is 0. The van der Waals surface area contributed by atoms with E-state index in [1.54, 1.807) is 0 Å². The molecule has 0 saturated carbocycles. The molecule has 2 heterocycles. The summed E-state index contributed by atoms with van der Waals surface area (Å²) in [5.41, 5.74) is 9.60. The SMILES string of the molecule is c1cc(-c2cccc3ccccc23)cc(N(c2ccc3ccccc3c2)c2ccc3c(c2)oc2cccc(-c4nc5c(ccc6ccccc65)o4)c23)c1. The lowest BCUT2D eigenvalue weighted by Crippen LogP contribution is -2.10. The summed E-state index contributed by atoms with van der Waals surface area (Å²) >= 11 is 0. The lowest BCUT2D eigenvalue weighted by molar-refractivity contribution is 0.620. The normalized spacial score (nSPS) is 11.8. The number of furan rings is 1. The molecule has 4 nitrogen and oxygen atoms in total. The van der Waals surface area contributed by atoms with Crippen molar-refractivity contribution in [1.29, 1.82) is 0 Å². The van der Waals surface area contributed by atoms with Gasteiger partial charge in [-0.05, 0) is 92.7 Å². The molecule has 0 N–H and O–H groups in total. The molecule has 53 heavy (non-hydrogen) atoms. The Morgan fingerprint density at radius 2 is 1.04 bits per heavy atom. The molecule has 248 valence electrons. The zero-order valence-corrected chi connectivity index (χ0v) is 28.5. The van der Waals surface area contributed by atoms with E-state index in [0.717, 1.165) is 72.0 Å². The van der Waals surface area contributed by atoms with Crippen LogP contribution < -0.4 is 4.90 Å². The molecule has 11 aromatic rings. The molecule has 0 amide bonds. The van der Waals surface area contributed by atoms with E-state index in [1.807, 2.05) is 30.3 Å². The number of hydrogen-bond donors (Lipinski definition) is 0. The molecule has 0 atom stereocenters. The van der Waals surface area contributed by atoms with E-state index in [1.165, 1.54) is 27.1 Å². The van der Waals surface area contributed by atoms with Crippen LogP contribution in [0.3, 0.4) is 0 Å². The van der Waals surface area contributed by atoms with Crippen molar-refractivity contribution in [3.63, 3.8) is 0 Å². The van der Waals surface area contributed by atoms with Crippen molar-refractivity contribution in [3.05, 3.63) is 182 Å².